The molecule has 0 heterocycles. The highest BCUT2D eigenvalue weighted by Gasteiger charge is 2.05. The molecule has 0 aromatic heterocycles. The first-order valence-corrected chi connectivity index (χ1v) is 5.79. The van der Waals surface area contributed by atoms with Crippen LogP contribution in [0.25, 0.3) is 0 Å². The van der Waals surface area contributed by atoms with Gasteiger partial charge in [0.15, 0.2) is 11.5 Å². The minimum atomic E-state index is -0.356. The van der Waals surface area contributed by atoms with E-state index in [1.165, 1.54) is 0 Å². The van der Waals surface area contributed by atoms with Crippen molar-refractivity contribution in [1.29, 1.82) is 0 Å². The summed E-state index contributed by atoms with van der Waals surface area (Å²) < 4.78 is 10.6. The van der Waals surface area contributed by atoms with E-state index in [1.54, 1.807) is 14.0 Å². The van der Waals surface area contributed by atoms with E-state index >= 15 is 0 Å². The van der Waals surface area contributed by atoms with Crippen LogP contribution in [0.3, 0.4) is 0 Å². The zero-order chi connectivity index (χ0) is 13.4. The van der Waals surface area contributed by atoms with Crippen LogP contribution in [-0.2, 0) is 6.54 Å². The van der Waals surface area contributed by atoms with Gasteiger partial charge in [-0.2, -0.15) is 0 Å². The molecule has 0 aliphatic rings. The van der Waals surface area contributed by atoms with Gasteiger partial charge in [-0.05, 0) is 24.6 Å². The van der Waals surface area contributed by atoms with Crippen molar-refractivity contribution in [2.24, 2.45) is 0 Å². The standard InChI is InChI=1S/C14H19NO3/c1-4-7-18-13-6-5-12(8-14(13)17-3)10-15-9-11(2)16/h1,5-6,8,11,15-16H,7,9-10H2,2-3H3/t11-/m1/s1. The Morgan fingerprint density at radius 3 is 2.83 bits per heavy atom. The largest absolute Gasteiger partial charge is 0.493 e. The predicted molar refractivity (Wildman–Crippen MR) is 70.7 cm³/mol. The molecule has 4 nitrogen and oxygen atoms in total. The van der Waals surface area contributed by atoms with Crippen LogP contribution in [0.1, 0.15) is 12.5 Å². The van der Waals surface area contributed by atoms with Gasteiger partial charge < -0.3 is 19.9 Å². The molecule has 1 rings (SSSR count). The maximum atomic E-state index is 9.15. The first kappa shape index (κ1) is 14.4. The lowest BCUT2D eigenvalue weighted by molar-refractivity contribution is 0.191. The topological polar surface area (TPSA) is 50.7 Å². The van der Waals surface area contributed by atoms with Crippen molar-refractivity contribution >= 4 is 0 Å². The Bertz CT molecular complexity index is 410. The third-order valence-electron chi connectivity index (χ3n) is 2.31. The van der Waals surface area contributed by atoms with Crippen molar-refractivity contribution in [2.75, 3.05) is 20.3 Å². The second-order valence-corrected chi connectivity index (χ2v) is 3.96. The van der Waals surface area contributed by atoms with E-state index in [9.17, 15) is 0 Å². The van der Waals surface area contributed by atoms with Crippen molar-refractivity contribution < 1.29 is 14.6 Å². The van der Waals surface area contributed by atoms with Crippen LogP contribution in [-0.4, -0.2) is 31.5 Å². The third kappa shape index (κ3) is 4.66. The fraction of sp³-hybridized carbons (Fsp3) is 0.429. The Morgan fingerprint density at radius 2 is 2.22 bits per heavy atom. The van der Waals surface area contributed by atoms with E-state index in [4.69, 9.17) is 21.0 Å². The second kappa shape index (κ2) is 7.59. The molecule has 0 saturated heterocycles. The number of nitrogens with one attached hydrogen (secondary N) is 1. The van der Waals surface area contributed by atoms with E-state index in [1.807, 2.05) is 18.2 Å². The number of aliphatic hydroxyl groups excluding tert-OH is 1. The van der Waals surface area contributed by atoms with E-state index in [-0.39, 0.29) is 12.7 Å². The van der Waals surface area contributed by atoms with Crippen molar-refractivity contribution in [3.63, 3.8) is 0 Å². The number of rotatable bonds is 7. The maximum absolute atomic E-state index is 9.15. The Hall–Kier alpha value is -1.70. The first-order valence-electron chi connectivity index (χ1n) is 5.79. The van der Waals surface area contributed by atoms with Crippen molar-refractivity contribution in [1.82, 2.24) is 5.32 Å². The molecule has 1 aromatic carbocycles. The number of ether oxygens (including phenoxy) is 2. The third-order valence-corrected chi connectivity index (χ3v) is 2.31. The van der Waals surface area contributed by atoms with Crippen molar-refractivity contribution in [3.8, 4) is 23.8 Å². The minimum Gasteiger partial charge on any atom is -0.493 e. The fourth-order valence-electron chi connectivity index (χ4n) is 1.49. The zero-order valence-corrected chi connectivity index (χ0v) is 10.8. The highest BCUT2D eigenvalue weighted by molar-refractivity contribution is 5.43. The van der Waals surface area contributed by atoms with Crippen LogP contribution in [0.2, 0.25) is 0 Å². The molecule has 0 radical (unpaired) electrons. The summed E-state index contributed by atoms with van der Waals surface area (Å²) in [6, 6.07) is 5.65. The highest BCUT2D eigenvalue weighted by atomic mass is 16.5. The molecular formula is C14H19NO3. The van der Waals surface area contributed by atoms with Gasteiger partial charge in [0, 0.05) is 13.1 Å². The molecule has 4 heteroatoms. The number of methoxy groups -OCH3 is 1. The van der Waals surface area contributed by atoms with Crippen LogP contribution in [0.15, 0.2) is 18.2 Å². The summed E-state index contributed by atoms with van der Waals surface area (Å²) in [5.74, 6) is 3.70. The molecule has 0 spiro atoms. The normalized spacial score (nSPS) is 11.7. The Labute approximate surface area is 108 Å². The summed E-state index contributed by atoms with van der Waals surface area (Å²) in [5, 5.41) is 12.3. The molecule has 0 aliphatic heterocycles. The van der Waals surface area contributed by atoms with E-state index in [0.29, 0.717) is 24.6 Å². The van der Waals surface area contributed by atoms with Gasteiger partial charge in [0.05, 0.1) is 13.2 Å². The van der Waals surface area contributed by atoms with Crippen LogP contribution in [0.4, 0.5) is 0 Å². The van der Waals surface area contributed by atoms with Crippen LogP contribution in [0, 0.1) is 12.3 Å². The molecule has 0 bridgehead atoms. The minimum absolute atomic E-state index is 0.218. The Balaban J connectivity index is 2.64. The number of benzene rings is 1. The summed E-state index contributed by atoms with van der Waals surface area (Å²) in [6.45, 7) is 3.18. The van der Waals surface area contributed by atoms with E-state index < -0.39 is 0 Å². The molecule has 2 N–H and O–H groups in total. The summed E-state index contributed by atoms with van der Waals surface area (Å²) >= 11 is 0. The monoisotopic (exact) mass is 249 g/mol. The van der Waals surface area contributed by atoms with Gasteiger partial charge in [0.1, 0.15) is 6.61 Å². The average molecular weight is 249 g/mol. The lowest BCUT2D eigenvalue weighted by atomic mass is 10.2. The smallest absolute Gasteiger partial charge is 0.162 e. The lowest BCUT2D eigenvalue weighted by Gasteiger charge is -2.11. The average Bonchev–Trinajstić information content (AvgIpc) is 2.36. The van der Waals surface area contributed by atoms with Gasteiger partial charge >= 0.3 is 0 Å². The molecular weight excluding hydrogens is 230 g/mol. The SMILES string of the molecule is C#CCOc1ccc(CNC[C@@H](C)O)cc1OC. The molecule has 98 valence electrons. The molecule has 0 unspecified atom stereocenters. The fourth-order valence-corrected chi connectivity index (χ4v) is 1.49. The van der Waals surface area contributed by atoms with Crippen molar-refractivity contribution in [3.05, 3.63) is 23.8 Å². The molecule has 0 amide bonds. The van der Waals surface area contributed by atoms with Gasteiger partial charge in [-0.15, -0.1) is 6.42 Å². The van der Waals surface area contributed by atoms with Gasteiger partial charge in [-0.3, -0.25) is 0 Å². The zero-order valence-electron chi connectivity index (χ0n) is 10.8. The molecule has 1 atom stereocenters. The van der Waals surface area contributed by atoms with E-state index in [2.05, 4.69) is 11.2 Å². The maximum Gasteiger partial charge on any atom is 0.162 e. The quantitative estimate of drug-likeness (QED) is 0.712. The lowest BCUT2D eigenvalue weighted by Crippen LogP contribution is -2.23. The Morgan fingerprint density at radius 1 is 1.44 bits per heavy atom. The van der Waals surface area contributed by atoms with Gasteiger partial charge in [-0.1, -0.05) is 12.0 Å². The molecule has 1 aromatic rings. The summed E-state index contributed by atoms with van der Waals surface area (Å²) in [5.41, 5.74) is 1.06. The predicted octanol–water partition coefficient (Wildman–Crippen LogP) is 1.18. The number of terminal acetylenes is 1. The van der Waals surface area contributed by atoms with Crippen LogP contribution in [0.5, 0.6) is 11.5 Å². The van der Waals surface area contributed by atoms with Gasteiger partial charge in [-0.25, -0.2) is 0 Å². The molecule has 0 aliphatic carbocycles. The summed E-state index contributed by atoms with van der Waals surface area (Å²) in [7, 11) is 1.59. The Kier molecular flexibility index (Phi) is 6.06. The first-order chi connectivity index (χ1) is 8.67. The second-order valence-electron chi connectivity index (χ2n) is 3.96. The van der Waals surface area contributed by atoms with Crippen LogP contribution < -0.4 is 14.8 Å². The van der Waals surface area contributed by atoms with E-state index in [0.717, 1.165) is 5.56 Å². The molecule has 0 saturated carbocycles. The number of aliphatic hydroxyl groups is 1. The number of hydrogen-bond donors (Lipinski definition) is 2. The molecule has 0 fully saturated rings. The highest BCUT2D eigenvalue weighted by Crippen LogP contribution is 2.27. The van der Waals surface area contributed by atoms with Crippen molar-refractivity contribution in [2.45, 2.75) is 19.6 Å². The number of hydrogen-bond acceptors (Lipinski definition) is 4. The van der Waals surface area contributed by atoms with Crippen LogP contribution >= 0.6 is 0 Å². The van der Waals surface area contributed by atoms with Gasteiger partial charge in [0.2, 0.25) is 0 Å². The summed E-state index contributed by atoms with van der Waals surface area (Å²) in [6.07, 6.45) is 4.79. The summed E-state index contributed by atoms with van der Waals surface area (Å²) in [4.78, 5) is 0. The molecule has 18 heavy (non-hydrogen) atoms. The van der Waals surface area contributed by atoms with Gasteiger partial charge in [0.25, 0.3) is 0 Å².